The minimum Gasteiger partial charge on any atom is -0.383 e. The molecule has 1 aromatic heterocycles. The van der Waals surface area contributed by atoms with Crippen molar-refractivity contribution in [2.75, 3.05) is 33.4 Å². The second-order valence-electron chi connectivity index (χ2n) is 6.54. The van der Waals surface area contributed by atoms with Gasteiger partial charge >= 0.3 is 0 Å². The van der Waals surface area contributed by atoms with Gasteiger partial charge < -0.3 is 15.4 Å². The van der Waals surface area contributed by atoms with E-state index in [9.17, 15) is 4.79 Å². The lowest BCUT2D eigenvalue weighted by molar-refractivity contribution is 0.0954. The number of aromatic nitrogens is 2. The Morgan fingerprint density at radius 1 is 1.07 bits per heavy atom. The highest BCUT2D eigenvalue weighted by Crippen LogP contribution is 2.24. The molecule has 29 heavy (non-hydrogen) atoms. The minimum absolute atomic E-state index is 0. The quantitative estimate of drug-likeness (QED) is 0.527. The molecule has 2 aromatic carbocycles. The average molecular weight is 415 g/mol. The molecule has 2 N–H and O–H groups in total. The molecule has 0 unspecified atom stereocenters. The highest BCUT2D eigenvalue weighted by atomic mass is 35.5. The number of carbonyl (C=O) groups is 1. The SMILES string of the molecule is COCCNCCNC(=O)c1cn(-c2ccccc2)nc1-c1cccc(C)c1.Cl. The summed E-state index contributed by atoms with van der Waals surface area (Å²) in [5.41, 5.74) is 4.21. The predicted octanol–water partition coefficient (Wildman–Crippen LogP) is 3.24. The van der Waals surface area contributed by atoms with Crippen LogP contribution in [-0.2, 0) is 4.74 Å². The number of carbonyl (C=O) groups excluding carboxylic acids is 1. The molecule has 0 bridgehead atoms. The number of amides is 1. The van der Waals surface area contributed by atoms with Crippen LogP contribution in [0.1, 0.15) is 15.9 Å². The molecule has 0 aliphatic carbocycles. The van der Waals surface area contributed by atoms with E-state index in [1.54, 1.807) is 18.0 Å². The zero-order chi connectivity index (χ0) is 19.8. The third-order valence-electron chi connectivity index (χ3n) is 4.34. The summed E-state index contributed by atoms with van der Waals surface area (Å²) in [6.45, 7) is 4.65. The lowest BCUT2D eigenvalue weighted by atomic mass is 10.1. The summed E-state index contributed by atoms with van der Waals surface area (Å²) < 4.78 is 6.75. The molecular formula is C22H27ClN4O2. The number of aryl methyl sites for hydroxylation is 1. The van der Waals surface area contributed by atoms with Crippen LogP contribution in [-0.4, -0.2) is 49.0 Å². The van der Waals surface area contributed by atoms with Crippen LogP contribution in [0, 0.1) is 6.92 Å². The van der Waals surface area contributed by atoms with Crippen LogP contribution in [0.3, 0.4) is 0 Å². The Hall–Kier alpha value is -2.67. The fourth-order valence-corrected chi connectivity index (χ4v) is 2.92. The summed E-state index contributed by atoms with van der Waals surface area (Å²) >= 11 is 0. The molecule has 0 atom stereocenters. The van der Waals surface area contributed by atoms with Gasteiger partial charge in [0.15, 0.2) is 0 Å². The lowest BCUT2D eigenvalue weighted by Gasteiger charge is -2.07. The smallest absolute Gasteiger partial charge is 0.255 e. The number of hydrogen-bond donors (Lipinski definition) is 2. The van der Waals surface area contributed by atoms with E-state index in [1.807, 2.05) is 61.5 Å². The van der Waals surface area contributed by atoms with E-state index in [-0.39, 0.29) is 18.3 Å². The number of ether oxygens (including phenoxy) is 1. The molecule has 3 aromatic rings. The van der Waals surface area contributed by atoms with Gasteiger partial charge in [-0.1, -0.05) is 42.0 Å². The van der Waals surface area contributed by atoms with E-state index >= 15 is 0 Å². The van der Waals surface area contributed by atoms with Crippen molar-refractivity contribution in [1.82, 2.24) is 20.4 Å². The van der Waals surface area contributed by atoms with Crippen molar-refractivity contribution in [2.45, 2.75) is 6.92 Å². The van der Waals surface area contributed by atoms with E-state index < -0.39 is 0 Å². The third kappa shape index (κ3) is 6.15. The highest BCUT2D eigenvalue weighted by molar-refractivity contribution is 6.00. The van der Waals surface area contributed by atoms with Gasteiger partial charge in [0, 0.05) is 38.5 Å². The van der Waals surface area contributed by atoms with Gasteiger partial charge in [-0.15, -0.1) is 12.4 Å². The molecule has 0 spiro atoms. The molecule has 0 aliphatic rings. The number of hydrogen-bond acceptors (Lipinski definition) is 4. The number of benzene rings is 2. The van der Waals surface area contributed by atoms with Gasteiger partial charge in [-0.05, 0) is 25.1 Å². The Kier molecular flexibility index (Phi) is 8.86. The number of para-hydroxylation sites is 1. The van der Waals surface area contributed by atoms with Gasteiger partial charge in [0.1, 0.15) is 5.69 Å². The van der Waals surface area contributed by atoms with Gasteiger partial charge in [-0.3, -0.25) is 4.79 Å². The Labute approximate surface area is 177 Å². The average Bonchev–Trinajstić information content (AvgIpc) is 3.17. The maximum atomic E-state index is 12.8. The molecule has 0 saturated heterocycles. The predicted molar refractivity (Wildman–Crippen MR) is 118 cm³/mol. The van der Waals surface area contributed by atoms with Gasteiger partial charge in [0.2, 0.25) is 0 Å². The summed E-state index contributed by atoms with van der Waals surface area (Å²) in [5, 5.41) is 10.9. The van der Waals surface area contributed by atoms with E-state index in [0.717, 1.165) is 23.4 Å². The molecule has 6 nitrogen and oxygen atoms in total. The van der Waals surface area contributed by atoms with E-state index in [0.29, 0.717) is 31.0 Å². The van der Waals surface area contributed by atoms with Crippen molar-refractivity contribution in [1.29, 1.82) is 0 Å². The molecule has 0 aliphatic heterocycles. The number of rotatable bonds is 9. The number of methoxy groups -OCH3 is 1. The van der Waals surface area contributed by atoms with Crippen molar-refractivity contribution >= 4 is 18.3 Å². The van der Waals surface area contributed by atoms with Crippen LogP contribution in [0.2, 0.25) is 0 Å². The zero-order valence-electron chi connectivity index (χ0n) is 16.7. The summed E-state index contributed by atoms with van der Waals surface area (Å²) in [5.74, 6) is -0.132. The van der Waals surface area contributed by atoms with Crippen LogP contribution in [0.15, 0.2) is 60.8 Å². The van der Waals surface area contributed by atoms with Crippen LogP contribution in [0.4, 0.5) is 0 Å². The number of halogens is 1. The normalized spacial score (nSPS) is 10.4. The molecule has 1 amide bonds. The summed E-state index contributed by atoms with van der Waals surface area (Å²) in [4.78, 5) is 12.8. The van der Waals surface area contributed by atoms with Crippen molar-refractivity contribution in [2.24, 2.45) is 0 Å². The molecule has 0 fully saturated rings. The zero-order valence-corrected chi connectivity index (χ0v) is 17.5. The maximum Gasteiger partial charge on any atom is 0.255 e. The fraction of sp³-hybridized carbons (Fsp3) is 0.273. The van der Waals surface area contributed by atoms with Crippen LogP contribution in [0.25, 0.3) is 16.9 Å². The van der Waals surface area contributed by atoms with E-state index in [4.69, 9.17) is 9.84 Å². The van der Waals surface area contributed by atoms with Gasteiger partial charge in [0.05, 0.1) is 17.9 Å². The van der Waals surface area contributed by atoms with Crippen LogP contribution >= 0.6 is 12.4 Å². The summed E-state index contributed by atoms with van der Waals surface area (Å²) in [7, 11) is 1.67. The minimum atomic E-state index is -0.132. The summed E-state index contributed by atoms with van der Waals surface area (Å²) in [6.07, 6.45) is 1.79. The van der Waals surface area contributed by atoms with Gasteiger partial charge in [-0.25, -0.2) is 4.68 Å². The first-order chi connectivity index (χ1) is 13.7. The monoisotopic (exact) mass is 414 g/mol. The molecule has 1 heterocycles. The van der Waals surface area contributed by atoms with Crippen molar-refractivity contribution in [3.05, 3.63) is 71.9 Å². The second kappa shape index (κ2) is 11.4. The standard InChI is InChI=1S/C22H26N4O2.ClH/c1-17-7-6-8-18(15-17)21-20(22(27)24-12-11-23-13-14-28-2)16-26(25-21)19-9-4-3-5-10-19;/h3-10,15-16,23H,11-14H2,1-2H3,(H,24,27);1H. The van der Waals surface area contributed by atoms with E-state index in [1.165, 1.54) is 0 Å². The molecule has 0 radical (unpaired) electrons. The fourth-order valence-electron chi connectivity index (χ4n) is 2.92. The third-order valence-corrected chi connectivity index (χ3v) is 4.34. The first kappa shape index (κ1) is 22.6. The largest absolute Gasteiger partial charge is 0.383 e. The topological polar surface area (TPSA) is 68.2 Å². The number of nitrogens with zero attached hydrogens (tertiary/aromatic N) is 2. The van der Waals surface area contributed by atoms with Crippen molar-refractivity contribution in [3.63, 3.8) is 0 Å². The molecule has 7 heteroatoms. The Morgan fingerprint density at radius 3 is 2.59 bits per heavy atom. The first-order valence-electron chi connectivity index (χ1n) is 9.39. The molecular weight excluding hydrogens is 388 g/mol. The second-order valence-corrected chi connectivity index (χ2v) is 6.54. The Balaban J connectivity index is 0.00000300. The number of nitrogens with one attached hydrogen (secondary N) is 2. The van der Waals surface area contributed by atoms with Crippen LogP contribution < -0.4 is 10.6 Å². The Morgan fingerprint density at radius 2 is 1.86 bits per heavy atom. The molecule has 154 valence electrons. The van der Waals surface area contributed by atoms with Crippen molar-refractivity contribution < 1.29 is 9.53 Å². The van der Waals surface area contributed by atoms with Gasteiger partial charge in [-0.2, -0.15) is 5.10 Å². The maximum absolute atomic E-state index is 12.8. The molecule has 3 rings (SSSR count). The lowest BCUT2D eigenvalue weighted by Crippen LogP contribution is -2.33. The van der Waals surface area contributed by atoms with Gasteiger partial charge in [0.25, 0.3) is 5.91 Å². The van der Waals surface area contributed by atoms with Crippen LogP contribution in [0.5, 0.6) is 0 Å². The Bertz CT molecular complexity index is 912. The van der Waals surface area contributed by atoms with Crippen molar-refractivity contribution in [3.8, 4) is 16.9 Å². The summed E-state index contributed by atoms with van der Waals surface area (Å²) in [6, 6.07) is 17.8. The highest BCUT2D eigenvalue weighted by Gasteiger charge is 2.18. The van der Waals surface area contributed by atoms with E-state index in [2.05, 4.69) is 10.6 Å². The molecule has 0 saturated carbocycles. The first-order valence-corrected chi connectivity index (χ1v) is 9.39.